The van der Waals surface area contributed by atoms with Gasteiger partial charge in [-0.1, -0.05) is 49.2 Å². The van der Waals surface area contributed by atoms with Crippen molar-refractivity contribution < 1.29 is 14.3 Å². The van der Waals surface area contributed by atoms with E-state index in [0.29, 0.717) is 24.7 Å². The number of imidazole rings is 1. The van der Waals surface area contributed by atoms with Gasteiger partial charge in [-0.15, -0.1) is 0 Å². The molecule has 38 heavy (non-hydrogen) atoms. The highest BCUT2D eigenvalue weighted by atomic mass is 16.6. The van der Waals surface area contributed by atoms with Gasteiger partial charge >= 0.3 is 6.09 Å². The minimum absolute atomic E-state index is 0.0522. The molecule has 1 unspecified atom stereocenters. The minimum atomic E-state index is -0.511. The lowest BCUT2D eigenvalue weighted by Gasteiger charge is -2.22. The normalized spacial score (nSPS) is 18.9. The molecule has 3 heterocycles. The monoisotopic (exact) mass is 517 g/mol. The zero-order chi connectivity index (χ0) is 26.7. The first-order chi connectivity index (χ1) is 18.2. The van der Waals surface area contributed by atoms with Gasteiger partial charge in [-0.3, -0.25) is 14.1 Å². The van der Waals surface area contributed by atoms with Crippen molar-refractivity contribution in [2.45, 2.75) is 70.6 Å². The van der Waals surface area contributed by atoms with Gasteiger partial charge in [-0.2, -0.15) is 0 Å². The third kappa shape index (κ3) is 6.92. The number of fused-ring (bicyclic) bond motifs is 1. The van der Waals surface area contributed by atoms with Gasteiger partial charge in [0.2, 0.25) is 0 Å². The fourth-order valence-corrected chi connectivity index (χ4v) is 5.24. The first-order valence-corrected chi connectivity index (χ1v) is 13.8. The predicted octanol–water partition coefficient (Wildman–Crippen LogP) is 4.75. The molecule has 202 valence electrons. The molecule has 0 bridgehead atoms. The maximum absolute atomic E-state index is 13.3. The fourth-order valence-electron chi connectivity index (χ4n) is 5.24. The van der Waals surface area contributed by atoms with Crippen LogP contribution in [0.5, 0.6) is 0 Å². The van der Waals surface area contributed by atoms with Crippen LogP contribution in [0.25, 0.3) is 5.65 Å². The van der Waals surface area contributed by atoms with Gasteiger partial charge in [0, 0.05) is 44.3 Å². The number of alkyl carbamates (subject to hydrolysis) is 1. The quantitative estimate of drug-likeness (QED) is 0.428. The number of hydrogen-bond donors (Lipinski definition) is 2. The maximum Gasteiger partial charge on any atom is 0.407 e. The van der Waals surface area contributed by atoms with E-state index < -0.39 is 5.60 Å². The number of hydrogen-bond acceptors (Lipinski definition) is 5. The summed E-state index contributed by atoms with van der Waals surface area (Å²) in [5, 5.41) is 6.17. The molecule has 1 aliphatic carbocycles. The molecule has 1 saturated carbocycles. The predicted molar refractivity (Wildman–Crippen MR) is 147 cm³/mol. The summed E-state index contributed by atoms with van der Waals surface area (Å²) >= 11 is 0. The molecule has 2 aromatic heterocycles. The van der Waals surface area contributed by atoms with Crippen molar-refractivity contribution in [3.63, 3.8) is 0 Å². The van der Waals surface area contributed by atoms with E-state index >= 15 is 0 Å². The molecule has 2 fully saturated rings. The SMILES string of the molecule is CC(C)(C)OC(=O)N[C@@H]1CCN(Cc2cn3c(C(=O)NCC(CC4CC4)c4ccccc4)cccc3n2)C1. The van der Waals surface area contributed by atoms with E-state index in [2.05, 4.69) is 39.8 Å². The molecule has 8 nitrogen and oxygen atoms in total. The van der Waals surface area contributed by atoms with Gasteiger partial charge in [-0.05, 0) is 57.2 Å². The molecule has 2 N–H and O–H groups in total. The van der Waals surface area contributed by atoms with Crippen LogP contribution in [0.4, 0.5) is 4.79 Å². The van der Waals surface area contributed by atoms with Crippen LogP contribution in [0.3, 0.4) is 0 Å². The Morgan fingerprint density at radius 1 is 1.08 bits per heavy atom. The zero-order valence-corrected chi connectivity index (χ0v) is 22.7. The van der Waals surface area contributed by atoms with Crippen LogP contribution in [-0.4, -0.2) is 57.6 Å². The van der Waals surface area contributed by atoms with Crippen molar-refractivity contribution in [1.82, 2.24) is 24.9 Å². The Morgan fingerprint density at radius 3 is 2.61 bits per heavy atom. The number of amides is 2. The molecule has 1 aromatic carbocycles. The molecule has 3 aromatic rings. The van der Waals surface area contributed by atoms with Crippen LogP contribution in [0.2, 0.25) is 0 Å². The lowest BCUT2D eigenvalue weighted by atomic mass is 9.93. The molecule has 2 aliphatic rings. The van der Waals surface area contributed by atoms with Crippen LogP contribution >= 0.6 is 0 Å². The number of likely N-dealkylation sites (tertiary alicyclic amines) is 1. The summed E-state index contributed by atoms with van der Waals surface area (Å²) in [4.78, 5) is 32.4. The molecular weight excluding hydrogens is 478 g/mol. The third-order valence-corrected chi connectivity index (χ3v) is 7.25. The highest BCUT2D eigenvalue weighted by Crippen LogP contribution is 2.38. The van der Waals surface area contributed by atoms with Gasteiger partial charge < -0.3 is 15.4 Å². The van der Waals surface area contributed by atoms with Crippen molar-refractivity contribution in [3.8, 4) is 0 Å². The van der Waals surface area contributed by atoms with Crippen molar-refractivity contribution in [2.24, 2.45) is 5.92 Å². The first-order valence-electron chi connectivity index (χ1n) is 13.8. The van der Waals surface area contributed by atoms with Gasteiger partial charge in [0.25, 0.3) is 5.91 Å². The summed E-state index contributed by atoms with van der Waals surface area (Å²) < 4.78 is 7.27. The molecule has 8 heteroatoms. The Morgan fingerprint density at radius 2 is 1.87 bits per heavy atom. The lowest BCUT2D eigenvalue weighted by Crippen LogP contribution is -2.40. The summed E-state index contributed by atoms with van der Waals surface area (Å²) in [5.41, 5.74) is 3.02. The molecular formula is C30H39N5O3. The molecule has 2 amide bonds. The Kier molecular flexibility index (Phi) is 7.70. The fraction of sp³-hybridized carbons (Fsp3) is 0.500. The molecule has 1 saturated heterocycles. The second-order valence-corrected chi connectivity index (χ2v) is 11.7. The van der Waals surface area contributed by atoms with E-state index in [4.69, 9.17) is 9.72 Å². The number of pyridine rings is 1. The average Bonchev–Trinajstić information content (AvgIpc) is 3.43. The molecule has 0 spiro atoms. The van der Waals surface area contributed by atoms with Crippen molar-refractivity contribution in [3.05, 3.63) is 71.7 Å². The van der Waals surface area contributed by atoms with Crippen LogP contribution in [0, 0.1) is 5.92 Å². The maximum atomic E-state index is 13.3. The Hall–Kier alpha value is -3.39. The number of carbonyl (C=O) groups excluding carboxylic acids is 2. The van der Waals surface area contributed by atoms with Crippen LogP contribution in [0.15, 0.2) is 54.7 Å². The summed E-state index contributed by atoms with van der Waals surface area (Å²) in [6.07, 6.45) is 6.15. The number of aromatic nitrogens is 2. The summed E-state index contributed by atoms with van der Waals surface area (Å²) in [7, 11) is 0. The summed E-state index contributed by atoms with van der Waals surface area (Å²) in [6, 6.07) is 16.2. The van der Waals surface area contributed by atoms with Crippen molar-refractivity contribution >= 4 is 17.6 Å². The van der Waals surface area contributed by atoms with E-state index in [1.54, 1.807) is 0 Å². The number of ether oxygens (including phenoxy) is 1. The lowest BCUT2D eigenvalue weighted by molar-refractivity contribution is 0.0505. The Balaban J connectivity index is 1.20. The van der Waals surface area contributed by atoms with Crippen molar-refractivity contribution in [2.75, 3.05) is 19.6 Å². The van der Waals surface area contributed by atoms with E-state index in [-0.39, 0.29) is 18.0 Å². The molecule has 5 rings (SSSR count). The summed E-state index contributed by atoms with van der Waals surface area (Å²) in [6.45, 7) is 8.47. The number of rotatable bonds is 9. The van der Waals surface area contributed by atoms with E-state index in [1.807, 2.05) is 55.6 Å². The van der Waals surface area contributed by atoms with Gasteiger partial charge in [-0.25, -0.2) is 9.78 Å². The van der Waals surface area contributed by atoms with Crippen LogP contribution < -0.4 is 10.6 Å². The smallest absolute Gasteiger partial charge is 0.407 e. The Labute approximate surface area is 224 Å². The highest BCUT2D eigenvalue weighted by Gasteiger charge is 2.28. The standard InChI is InChI=1S/C30H39N5O3/c1-30(2,3)38-29(37)33-24-14-15-34(18-24)19-25-20-35-26(10-7-11-27(35)32-25)28(36)31-17-23(16-21-12-13-21)22-8-5-4-6-9-22/h4-11,20-21,23-24H,12-19H2,1-3H3,(H,31,36)(H,33,37)/t23?,24-/m1/s1. The zero-order valence-electron chi connectivity index (χ0n) is 22.7. The summed E-state index contributed by atoms with van der Waals surface area (Å²) in [5.74, 6) is 1.02. The molecule has 0 radical (unpaired) electrons. The largest absolute Gasteiger partial charge is 0.444 e. The van der Waals surface area contributed by atoms with Gasteiger partial charge in [0.05, 0.1) is 5.69 Å². The second-order valence-electron chi connectivity index (χ2n) is 11.7. The second kappa shape index (κ2) is 11.2. The molecule has 1 aliphatic heterocycles. The number of nitrogens with one attached hydrogen (secondary N) is 2. The molecule has 2 atom stereocenters. The average molecular weight is 518 g/mol. The van der Waals surface area contributed by atoms with E-state index in [1.165, 1.54) is 18.4 Å². The first kappa shape index (κ1) is 26.2. The number of carbonyl (C=O) groups is 2. The van der Waals surface area contributed by atoms with Gasteiger partial charge in [0.15, 0.2) is 0 Å². The Bertz CT molecular complexity index is 1260. The van der Waals surface area contributed by atoms with Crippen LogP contribution in [0.1, 0.15) is 74.1 Å². The number of nitrogens with zero attached hydrogens (tertiary/aromatic N) is 3. The third-order valence-electron chi connectivity index (χ3n) is 7.25. The topological polar surface area (TPSA) is 88.0 Å². The van der Waals surface area contributed by atoms with E-state index in [0.717, 1.165) is 43.2 Å². The highest BCUT2D eigenvalue weighted by molar-refractivity contribution is 5.93. The van der Waals surface area contributed by atoms with Crippen molar-refractivity contribution in [1.29, 1.82) is 0 Å². The van der Waals surface area contributed by atoms with Crippen LogP contribution in [-0.2, 0) is 11.3 Å². The van der Waals surface area contributed by atoms with E-state index in [9.17, 15) is 9.59 Å². The number of benzene rings is 1. The van der Waals surface area contributed by atoms with Gasteiger partial charge in [0.1, 0.15) is 16.9 Å². The minimum Gasteiger partial charge on any atom is -0.444 e.